The summed E-state index contributed by atoms with van der Waals surface area (Å²) in [6, 6.07) is 0.772. The number of hydrogen-bond donors (Lipinski definition) is 0. The van der Waals surface area contributed by atoms with Crippen LogP contribution in [0.5, 0.6) is 0 Å². The van der Waals surface area contributed by atoms with Crippen molar-refractivity contribution in [2.75, 3.05) is 6.61 Å². The first-order valence-electron chi connectivity index (χ1n) is 9.08. The second-order valence-electron chi connectivity index (χ2n) is 8.65. The summed E-state index contributed by atoms with van der Waals surface area (Å²) in [7, 11) is -5.76. The van der Waals surface area contributed by atoms with Crippen molar-refractivity contribution in [3.63, 3.8) is 0 Å². The monoisotopic (exact) mass is 420 g/mol. The molecule has 0 heterocycles. The van der Waals surface area contributed by atoms with E-state index in [1.54, 1.807) is 13.8 Å². The van der Waals surface area contributed by atoms with Crippen LogP contribution in [0.4, 0.5) is 0 Å². The minimum Gasteiger partial charge on any atom is -0.463 e. The van der Waals surface area contributed by atoms with E-state index >= 15 is 0 Å². The third-order valence-corrected chi connectivity index (χ3v) is 12.4. The SMILES string of the molecule is CC(C)OC(=O)/C=C/C(=O)OCCC[Si](C)(O[Si](C)(C)C)O[Si](C)(C)C. The van der Waals surface area contributed by atoms with E-state index in [1.165, 1.54) is 0 Å². The van der Waals surface area contributed by atoms with Crippen LogP contribution >= 0.6 is 0 Å². The normalized spacial score (nSPS) is 13.3. The fraction of sp³-hybridized carbons (Fsp3) is 0.765. The Kier molecular flexibility index (Phi) is 10.2. The molecule has 0 radical (unpaired) electrons. The summed E-state index contributed by atoms with van der Waals surface area (Å²) in [5.74, 6) is -1.10. The topological polar surface area (TPSA) is 71.1 Å². The minimum atomic E-state index is -2.31. The molecule has 26 heavy (non-hydrogen) atoms. The van der Waals surface area contributed by atoms with Crippen LogP contribution in [-0.4, -0.2) is 49.8 Å². The molecule has 0 aromatic heterocycles. The van der Waals surface area contributed by atoms with Gasteiger partial charge in [-0.3, -0.25) is 0 Å². The Hall–Kier alpha value is -0.749. The quantitative estimate of drug-likeness (QED) is 0.216. The zero-order valence-corrected chi connectivity index (χ0v) is 20.8. The van der Waals surface area contributed by atoms with Crippen molar-refractivity contribution in [1.82, 2.24) is 0 Å². The highest BCUT2D eigenvalue weighted by atomic mass is 28.5. The molecule has 0 amide bonds. The highest BCUT2D eigenvalue weighted by Gasteiger charge is 2.39. The zero-order chi connectivity index (χ0) is 20.6. The lowest BCUT2D eigenvalue weighted by atomic mass is 10.4. The molecule has 0 fully saturated rings. The summed E-state index contributed by atoms with van der Waals surface area (Å²) in [5.41, 5.74) is 0. The van der Waals surface area contributed by atoms with Crippen molar-refractivity contribution >= 4 is 37.1 Å². The highest BCUT2D eigenvalue weighted by molar-refractivity contribution is 6.87. The molecule has 0 unspecified atom stereocenters. The third-order valence-electron chi connectivity index (χ3n) is 2.77. The molecule has 0 saturated heterocycles. The first kappa shape index (κ1) is 25.3. The Morgan fingerprint density at radius 2 is 1.31 bits per heavy atom. The lowest BCUT2D eigenvalue weighted by Gasteiger charge is -2.38. The molecule has 0 aliphatic carbocycles. The van der Waals surface area contributed by atoms with Gasteiger partial charge in [-0.1, -0.05) is 0 Å². The Morgan fingerprint density at radius 3 is 1.73 bits per heavy atom. The Labute approximate surface area is 161 Å². The van der Waals surface area contributed by atoms with E-state index < -0.39 is 37.1 Å². The first-order chi connectivity index (χ1) is 11.6. The zero-order valence-electron chi connectivity index (χ0n) is 17.8. The number of carbonyl (C=O) groups excluding carboxylic acids is 2. The van der Waals surface area contributed by atoms with Crippen LogP contribution < -0.4 is 0 Å². The molecule has 0 bridgehead atoms. The van der Waals surface area contributed by atoms with Crippen LogP contribution in [0.3, 0.4) is 0 Å². The van der Waals surface area contributed by atoms with Crippen LogP contribution in [0.15, 0.2) is 12.2 Å². The Morgan fingerprint density at radius 1 is 0.846 bits per heavy atom. The maximum atomic E-state index is 11.7. The van der Waals surface area contributed by atoms with Gasteiger partial charge in [-0.05, 0) is 72.1 Å². The summed E-state index contributed by atoms with van der Waals surface area (Å²) in [6.45, 7) is 18.8. The van der Waals surface area contributed by atoms with Crippen molar-refractivity contribution in [2.24, 2.45) is 0 Å². The van der Waals surface area contributed by atoms with Crippen LogP contribution in [0.1, 0.15) is 20.3 Å². The number of carbonyl (C=O) groups is 2. The van der Waals surface area contributed by atoms with Gasteiger partial charge in [-0.25, -0.2) is 9.59 Å². The molecule has 0 aromatic carbocycles. The van der Waals surface area contributed by atoms with E-state index in [1.807, 2.05) is 0 Å². The average molecular weight is 421 g/mol. The van der Waals surface area contributed by atoms with E-state index in [0.717, 1.165) is 18.2 Å². The number of esters is 2. The molecule has 9 heteroatoms. The van der Waals surface area contributed by atoms with Gasteiger partial charge in [0.25, 0.3) is 0 Å². The largest absolute Gasteiger partial charge is 0.463 e. The van der Waals surface area contributed by atoms with Crippen LogP contribution in [0.25, 0.3) is 0 Å². The summed E-state index contributed by atoms with van der Waals surface area (Å²) in [5, 5.41) is 0. The van der Waals surface area contributed by atoms with E-state index in [-0.39, 0.29) is 12.7 Å². The van der Waals surface area contributed by atoms with E-state index in [4.69, 9.17) is 17.7 Å². The lowest BCUT2D eigenvalue weighted by Crippen LogP contribution is -2.52. The van der Waals surface area contributed by atoms with Crippen molar-refractivity contribution in [3.05, 3.63) is 12.2 Å². The molecular formula is C17H36O6Si3. The van der Waals surface area contributed by atoms with Crippen molar-refractivity contribution < 1.29 is 27.3 Å². The van der Waals surface area contributed by atoms with Crippen molar-refractivity contribution in [3.8, 4) is 0 Å². The molecule has 0 aromatic rings. The molecule has 0 spiro atoms. The van der Waals surface area contributed by atoms with Gasteiger partial charge >= 0.3 is 20.5 Å². The predicted octanol–water partition coefficient (Wildman–Crippen LogP) is 4.20. The molecular weight excluding hydrogens is 384 g/mol. The second-order valence-corrected chi connectivity index (χ2v) is 21.5. The minimum absolute atomic E-state index is 0.219. The molecule has 0 aliphatic rings. The fourth-order valence-electron chi connectivity index (χ4n) is 2.44. The number of ether oxygens (including phenoxy) is 2. The van der Waals surface area contributed by atoms with Gasteiger partial charge in [-0.2, -0.15) is 0 Å². The van der Waals surface area contributed by atoms with Crippen molar-refractivity contribution in [2.45, 2.75) is 78.2 Å². The summed E-state index contributed by atoms with van der Waals surface area (Å²) >= 11 is 0. The van der Waals surface area contributed by atoms with Crippen LogP contribution in [-0.2, 0) is 27.3 Å². The summed E-state index contributed by atoms with van der Waals surface area (Å²) < 4.78 is 22.9. The molecule has 0 rings (SSSR count). The molecule has 0 aliphatic heterocycles. The van der Waals surface area contributed by atoms with Gasteiger partial charge in [0, 0.05) is 12.2 Å². The first-order valence-corrected chi connectivity index (χ1v) is 18.4. The number of hydrogen-bond acceptors (Lipinski definition) is 6. The average Bonchev–Trinajstić information content (AvgIpc) is 2.36. The fourth-order valence-corrected chi connectivity index (χ4v) is 14.9. The van der Waals surface area contributed by atoms with Crippen LogP contribution in [0, 0.1) is 0 Å². The summed E-state index contributed by atoms with van der Waals surface area (Å²) in [6.07, 6.45) is 2.64. The smallest absolute Gasteiger partial charge is 0.331 e. The van der Waals surface area contributed by atoms with Gasteiger partial charge < -0.3 is 17.7 Å². The Balaban J connectivity index is 4.48. The maximum absolute atomic E-state index is 11.7. The Bertz CT molecular complexity index is 476. The molecule has 0 N–H and O–H groups in total. The lowest BCUT2D eigenvalue weighted by molar-refractivity contribution is -0.142. The van der Waals surface area contributed by atoms with E-state index in [0.29, 0.717) is 6.42 Å². The van der Waals surface area contributed by atoms with Gasteiger partial charge in [-0.15, -0.1) is 0 Å². The molecule has 0 saturated carbocycles. The van der Waals surface area contributed by atoms with Gasteiger partial charge in [0.1, 0.15) is 0 Å². The summed E-state index contributed by atoms with van der Waals surface area (Å²) in [4.78, 5) is 23.0. The van der Waals surface area contributed by atoms with Gasteiger partial charge in [0.15, 0.2) is 16.6 Å². The third kappa shape index (κ3) is 14.4. The van der Waals surface area contributed by atoms with Gasteiger partial charge in [0.2, 0.25) is 0 Å². The van der Waals surface area contributed by atoms with Gasteiger partial charge in [0.05, 0.1) is 12.7 Å². The molecule has 6 nitrogen and oxygen atoms in total. The van der Waals surface area contributed by atoms with Crippen LogP contribution in [0.2, 0.25) is 51.9 Å². The van der Waals surface area contributed by atoms with Crippen molar-refractivity contribution in [1.29, 1.82) is 0 Å². The molecule has 152 valence electrons. The predicted molar refractivity (Wildman–Crippen MR) is 111 cm³/mol. The second kappa shape index (κ2) is 10.6. The standard InChI is InChI=1S/C17H36O6Si3/c1-15(2)21-17(19)12-11-16(18)20-13-10-14-26(9,22-24(3,4)5)23-25(6,7)8/h11-12,15H,10,13-14H2,1-9H3/b12-11+. The highest BCUT2D eigenvalue weighted by Crippen LogP contribution is 2.25. The van der Waals surface area contributed by atoms with E-state index in [2.05, 4.69) is 45.8 Å². The molecule has 0 atom stereocenters. The van der Waals surface area contributed by atoms with E-state index in [9.17, 15) is 9.59 Å². The maximum Gasteiger partial charge on any atom is 0.331 e. The number of rotatable bonds is 11.